The van der Waals surface area contributed by atoms with E-state index in [0.29, 0.717) is 17.1 Å². The van der Waals surface area contributed by atoms with Crippen molar-refractivity contribution in [2.45, 2.75) is 13.5 Å². The first-order valence-electron chi connectivity index (χ1n) is 6.17. The second kappa shape index (κ2) is 6.29. The smallest absolute Gasteiger partial charge is 0.195 e. The second-order valence-corrected chi connectivity index (χ2v) is 4.74. The fourth-order valence-electron chi connectivity index (χ4n) is 1.95. The van der Waals surface area contributed by atoms with E-state index in [9.17, 15) is 13.2 Å². The van der Waals surface area contributed by atoms with Crippen LogP contribution in [0.1, 0.15) is 12.5 Å². The van der Waals surface area contributed by atoms with Gasteiger partial charge in [-0.15, -0.1) is 0 Å². The van der Waals surface area contributed by atoms with Crippen LogP contribution >= 0.6 is 11.6 Å². The minimum Gasteiger partial charge on any atom is -0.313 e. The van der Waals surface area contributed by atoms with Crippen LogP contribution in [-0.2, 0) is 6.54 Å². The standard InChI is InChI=1S/C15H13ClF3N/c1-2-20-8-9-3-4-10(16)7-12(9)11-5-6-13(17)15(19)14(11)18/h3-7,20H,2,8H2,1H3. The van der Waals surface area contributed by atoms with E-state index < -0.39 is 17.5 Å². The highest BCUT2D eigenvalue weighted by Gasteiger charge is 2.17. The van der Waals surface area contributed by atoms with Crippen molar-refractivity contribution in [3.8, 4) is 11.1 Å². The van der Waals surface area contributed by atoms with E-state index in [0.717, 1.165) is 18.2 Å². The van der Waals surface area contributed by atoms with E-state index in [1.807, 2.05) is 6.92 Å². The maximum Gasteiger partial charge on any atom is 0.195 e. The summed E-state index contributed by atoms with van der Waals surface area (Å²) in [5, 5.41) is 3.51. The lowest BCUT2D eigenvalue weighted by molar-refractivity contribution is 0.449. The van der Waals surface area contributed by atoms with Crippen molar-refractivity contribution in [3.05, 3.63) is 58.4 Å². The minimum absolute atomic E-state index is 0.000645. The Labute approximate surface area is 120 Å². The number of hydrogen-bond donors (Lipinski definition) is 1. The molecule has 0 atom stereocenters. The first kappa shape index (κ1) is 14.9. The Balaban J connectivity index is 2.56. The fourth-order valence-corrected chi connectivity index (χ4v) is 2.12. The number of hydrogen-bond acceptors (Lipinski definition) is 1. The molecule has 0 unspecified atom stereocenters. The molecule has 1 N–H and O–H groups in total. The van der Waals surface area contributed by atoms with Gasteiger partial charge >= 0.3 is 0 Å². The van der Waals surface area contributed by atoms with Crippen molar-refractivity contribution >= 4 is 11.6 Å². The van der Waals surface area contributed by atoms with E-state index in [1.165, 1.54) is 6.07 Å². The summed E-state index contributed by atoms with van der Waals surface area (Å²) in [5.74, 6) is -3.89. The lowest BCUT2D eigenvalue weighted by Gasteiger charge is -2.12. The molecule has 106 valence electrons. The molecule has 0 aliphatic heterocycles. The molecule has 0 aromatic heterocycles. The second-order valence-electron chi connectivity index (χ2n) is 4.30. The van der Waals surface area contributed by atoms with E-state index >= 15 is 0 Å². The molecule has 2 rings (SSSR count). The van der Waals surface area contributed by atoms with Crippen LogP contribution in [0.3, 0.4) is 0 Å². The third-order valence-corrected chi connectivity index (χ3v) is 3.20. The summed E-state index contributed by atoms with van der Waals surface area (Å²) in [6, 6.07) is 7.08. The van der Waals surface area contributed by atoms with Gasteiger partial charge in [-0.3, -0.25) is 0 Å². The lowest BCUT2D eigenvalue weighted by Crippen LogP contribution is -2.12. The molecule has 0 fully saturated rings. The summed E-state index contributed by atoms with van der Waals surface area (Å²) in [6.45, 7) is 3.16. The van der Waals surface area contributed by atoms with E-state index in [4.69, 9.17) is 11.6 Å². The third-order valence-electron chi connectivity index (χ3n) is 2.96. The van der Waals surface area contributed by atoms with Crippen molar-refractivity contribution < 1.29 is 13.2 Å². The summed E-state index contributed by atoms with van der Waals surface area (Å²) >= 11 is 5.91. The molecule has 0 heterocycles. The fraction of sp³-hybridized carbons (Fsp3) is 0.200. The van der Waals surface area contributed by atoms with Gasteiger partial charge in [0, 0.05) is 17.1 Å². The average Bonchev–Trinajstić information content (AvgIpc) is 2.44. The summed E-state index contributed by atoms with van der Waals surface area (Å²) in [4.78, 5) is 0. The first-order chi connectivity index (χ1) is 9.54. The van der Waals surface area contributed by atoms with Gasteiger partial charge in [0.1, 0.15) is 0 Å². The molecule has 0 radical (unpaired) electrons. The highest BCUT2D eigenvalue weighted by Crippen LogP contribution is 2.31. The van der Waals surface area contributed by atoms with Crippen LogP contribution in [-0.4, -0.2) is 6.54 Å². The zero-order chi connectivity index (χ0) is 14.7. The molecule has 0 saturated heterocycles. The van der Waals surface area contributed by atoms with Crippen LogP contribution in [0.4, 0.5) is 13.2 Å². The SMILES string of the molecule is CCNCc1ccc(Cl)cc1-c1ccc(F)c(F)c1F. The molecule has 0 saturated carbocycles. The molecule has 1 nitrogen and oxygen atoms in total. The van der Waals surface area contributed by atoms with Gasteiger partial charge in [-0.05, 0) is 41.9 Å². The molecular formula is C15H13ClF3N. The van der Waals surface area contributed by atoms with Gasteiger partial charge in [-0.1, -0.05) is 24.6 Å². The molecule has 20 heavy (non-hydrogen) atoms. The Morgan fingerprint density at radius 2 is 1.75 bits per heavy atom. The molecule has 2 aromatic rings. The molecule has 0 amide bonds. The predicted molar refractivity (Wildman–Crippen MR) is 74.1 cm³/mol. The molecule has 2 aromatic carbocycles. The van der Waals surface area contributed by atoms with Gasteiger partial charge in [-0.25, -0.2) is 13.2 Å². The van der Waals surface area contributed by atoms with Crippen LogP contribution in [0.25, 0.3) is 11.1 Å². The van der Waals surface area contributed by atoms with Crippen LogP contribution in [0.15, 0.2) is 30.3 Å². The van der Waals surface area contributed by atoms with Crippen LogP contribution in [0.5, 0.6) is 0 Å². The Kier molecular flexibility index (Phi) is 4.68. The van der Waals surface area contributed by atoms with Gasteiger partial charge < -0.3 is 5.32 Å². The molecule has 0 bridgehead atoms. The monoisotopic (exact) mass is 299 g/mol. The summed E-state index contributed by atoms with van der Waals surface area (Å²) < 4.78 is 40.3. The van der Waals surface area contributed by atoms with Crippen LogP contribution in [0, 0.1) is 17.5 Å². The average molecular weight is 300 g/mol. The van der Waals surface area contributed by atoms with Crippen molar-refractivity contribution in [1.82, 2.24) is 5.32 Å². The summed E-state index contributed by atoms with van der Waals surface area (Å²) in [5.41, 5.74) is 1.22. The lowest BCUT2D eigenvalue weighted by atomic mass is 9.98. The Hall–Kier alpha value is -1.52. The number of benzene rings is 2. The molecule has 0 spiro atoms. The highest BCUT2D eigenvalue weighted by atomic mass is 35.5. The molecule has 0 aliphatic carbocycles. The van der Waals surface area contributed by atoms with Crippen molar-refractivity contribution in [3.63, 3.8) is 0 Å². The molecular weight excluding hydrogens is 287 g/mol. The highest BCUT2D eigenvalue weighted by molar-refractivity contribution is 6.30. The zero-order valence-corrected chi connectivity index (χ0v) is 11.6. The van der Waals surface area contributed by atoms with Gasteiger partial charge in [0.05, 0.1) is 0 Å². The zero-order valence-electron chi connectivity index (χ0n) is 10.8. The Morgan fingerprint density at radius 3 is 2.45 bits per heavy atom. The van der Waals surface area contributed by atoms with Crippen LogP contribution in [0.2, 0.25) is 5.02 Å². The number of nitrogens with one attached hydrogen (secondary N) is 1. The largest absolute Gasteiger partial charge is 0.313 e. The molecule has 5 heteroatoms. The topological polar surface area (TPSA) is 12.0 Å². The number of rotatable bonds is 4. The normalized spacial score (nSPS) is 10.8. The van der Waals surface area contributed by atoms with E-state index in [-0.39, 0.29) is 5.56 Å². The third kappa shape index (κ3) is 2.97. The van der Waals surface area contributed by atoms with Crippen molar-refractivity contribution in [1.29, 1.82) is 0 Å². The quantitative estimate of drug-likeness (QED) is 0.818. The molecule has 0 aliphatic rings. The maximum atomic E-state index is 13.9. The predicted octanol–water partition coefficient (Wildman–Crippen LogP) is 4.53. The minimum atomic E-state index is -1.48. The first-order valence-corrected chi connectivity index (χ1v) is 6.55. The van der Waals surface area contributed by atoms with Crippen molar-refractivity contribution in [2.24, 2.45) is 0 Å². The van der Waals surface area contributed by atoms with Crippen LogP contribution < -0.4 is 5.32 Å². The Bertz CT molecular complexity index is 629. The van der Waals surface area contributed by atoms with Gasteiger partial charge in [0.25, 0.3) is 0 Å². The van der Waals surface area contributed by atoms with Gasteiger partial charge in [0.2, 0.25) is 0 Å². The van der Waals surface area contributed by atoms with E-state index in [2.05, 4.69) is 5.32 Å². The van der Waals surface area contributed by atoms with E-state index in [1.54, 1.807) is 18.2 Å². The van der Waals surface area contributed by atoms with Crippen molar-refractivity contribution in [2.75, 3.05) is 6.54 Å². The Morgan fingerprint density at radius 1 is 1.00 bits per heavy atom. The van der Waals surface area contributed by atoms with Gasteiger partial charge in [0.15, 0.2) is 17.5 Å². The maximum absolute atomic E-state index is 13.9. The summed E-state index contributed by atoms with van der Waals surface area (Å²) in [7, 11) is 0. The number of halogens is 4. The summed E-state index contributed by atoms with van der Waals surface area (Å²) in [6.07, 6.45) is 0. The van der Waals surface area contributed by atoms with Gasteiger partial charge in [-0.2, -0.15) is 0 Å².